The normalized spacial score (nSPS) is 22.4. The van der Waals surface area contributed by atoms with E-state index >= 15 is 0 Å². The smallest absolute Gasteiger partial charge is 0.336 e. The summed E-state index contributed by atoms with van der Waals surface area (Å²) < 4.78 is 4.57. The van der Waals surface area contributed by atoms with Gasteiger partial charge in [-0.25, -0.2) is 4.79 Å². The molecule has 1 aliphatic rings. The molecule has 0 fully saturated rings. The van der Waals surface area contributed by atoms with Crippen LogP contribution in [0.4, 0.5) is 0 Å². The first-order valence-corrected chi connectivity index (χ1v) is 3.13. The molecule has 0 amide bonds. The number of allylic oxidation sites excluding steroid dienone is 1. The maximum atomic E-state index is 10.4. The zero-order chi connectivity index (χ0) is 8.27. The lowest BCUT2D eigenvalue weighted by Crippen LogP contribution is -2.08. The van der Waals surface area contributed by atoms with Crippen LogP contribution in [0, 0.1) is 0 Å². The van der Waals surface area contributed by atoms with Crippen molar-refractivity contribution in [3.8, 4) is 0 Å². The lowest BCUT2D eigenvalue weighted by atomic mass is 10.3. The second kappa shape index (κ2) is 3.32. The van der Waals surface area contributed by atoms with E-state index in [2.05, 4.69) is 4.74 Å². The molecule has 11 heavy (non-hydrogen) atoms. The van der Waals surface area contributed by atoms with Crippen molar-refractivity contribution < 1.29 is 19.7 Å². The summed E-state index contributed by atoms with van der Waals surface area (Å²) in [7, 11) is 0. The van der Waals surface area contributed by atoms with Crippen LogP contribution in [0.3, 0.4) is 0 Å². The van der Waals surface area contributed by atoms with Gasteiger partial charge in [-0.05, 0) is 12.2 Å². The van der Waals surface area contributed by atoms with E-state index in [4.69, 9.17) is 10.2 Å². The van der Waals surface area contributed by atoms with E-state index in [0.29, 0.717) is 0 Å². The van der Waals surface area contributed by atoms with E-state index in [-0.39, 0.29) is 12.4 Å². The van der Waals surface area contributed by atoms with Crippen molar-refractivity contribution in [3.05, 3.63) is 24.0 Å². The summed E-state index contributed by atoms with van der Waals surface area (Å²) in [5.41, 5.74) is 0. The molecule has 4 heteroatoms. The average Bonchev–Trinajstić information content (AvgIpc) is 2.35. The molecule has 1 rings (SSSR count). The van der Waals surface area contributed by atoms with E-state index < -0.39 is 12.1 Å². The average molecular weight is 156 g/mol. The molecule has 0 spiro atoms. The summed E-state index contributed by atoms with van der Waals surface area (Å²) >= 11 is 0. The van der Waals surface area contributed by atoms with Gasteiger partial charge in [-0.15, -0.1) is 0 Å². The molecule has 0 bridgehead atoms. The van der Waals surface area contributed by atoms with Crippen molar-refractivity contribution in [1.29, 1.82) is 0 Å². The molecule has 0 aliphatic carbocycles. The van der Waals surface area contributed by atoms with Crippen LogP contribution in [0.5, 0.6) is 0 Å². The fraction of sp³-hybridized carbons (Fsp3) is 0.286. The monoisotopic (exact) mass is 156 g/mol. The van der Waals surface area contributed by atoms with E-state index in [1.165, 1.54) is 18.2 Å². The Labute approximate surface area is 63.4 Å². The van der Waals surface area contributed by atoms with Gasteiger partial charge in [0.05, 0.1) is 12.7 Å². The van der Waals surface area contributed by atoms with Crippen LogP contribution in [-0.2, 0) is 9.53 Å². The fourth-order valence-electron chi connectivity index (χ4n) is 0.666. The molecule has 1 heterocycles. The Hall–Kier alpha value is -1.13. The van der Waals surface area contributed by atoms with Gasteiger partial charge in [0.15, 0.2) is 0 Å². The number of cyclic esters (lactones) is 1. The number of esters is 1. The highest BCUT2D eigenvalue weighted by Crippen LogP contribution is 2.09. The minimum Gasteiger partial charge on any atom is -0.424 e. The Bertz CT molecular complexity index is 216. The lowest BCUT2D eigenvalue weighted by molar-refractivity contribution is -0.132. The summed E-state index contributed by atoms with van der Waals surface area (Å²) in [5, 5.41) is 17.3. The topological polar surface area (TPSA) is 66.8 Å². The van der Waals surface area contributed by atoms with Gasteiger partial charge < -0.3 is 14.9 Å². The number of aliphatic hydroxyl groups excluding tert-OH is 2. The van der Waals surface area contributed by atoms with E-state index in [1.807, 2.05) is 0 Å². The van der Waals surface area contributed by atoms with Crippen molar-refractivity contribution in [3.63, 3.8) is 0 Å². The quantitative estimate of drug-likeness (QED) is 0.521. The summed E-state index contributed by atoms with van der Waals surface area (Å²) in [5.74, 6) is -0.182. The highest BCUT2D eigenvalue weighted by Gasteiger charge is 2.10. The Morgan fingerprint density at radius 2 is 2.36 bits per heavy atom. The molecule has 0 aromatic heterocycles. The van der Waals surface area contributed by atoms with Crippen LogP contribution in [-0.4, -0.2) is 28.9 Å². The molecule has 0 saturated heterocycles. The number of carbonyl (C=O) groups is 1. The second-order valence-corrected chi connectivity index (χ2v) is 2.07. The van der Waals surface area contributed by atoms with Gasteiger partial charge in [0.25, 0.3) is 0 Å². The van der Waals surface area contributed by atoms with Gasteiger partial charge in [-0.2, -0.15) is 0 Å². The minimum absolute atomic E-state index is 0.275. The lowest BCUT2D eigenvalue weighted by Gasteiger charge is -2.00. The predicted octanol–water partition coefficient (Wildman–Crippen LogP) is -0.664. The third-order valence-corrected chi connectivity index (χ3v) is 1.15. The van der Waals surface area contributed by atoms with E-state index in [1.54, 1.807) is 0 Å². The van der Waals surface area contributed by atoms with Crippen molar-refractivity contribution in [2.45, 2.75) is 6.10 Å². The van der Waals surface area contributed by atoms with Crippen LogP contribution < -0.4 is 0 Å². The van der Waals surface area contributed by atoms with Crippen LogP contribution in [0.15, 0.2) is 24.0 Å². The highest BCUT2D eigenvalue weighted by atomic mass is 16.5. The van der Waals surface area contributed by atoms with Gasteiger partial charge in [0.2, 0.25) is 0 Å². The largest absolute Gasteiger partial charge is 0.424 e. The minimum atomic E-state index is -0.972. The molecule has 1 aliphatic heterocycles. The van der Waals surface area contributed by atoms with Crippen LogP contribution >= 0.6 is 0 Å². The first kappa shape index (κ1) is 7.97. The van der Waals surface area contributed by atoms with Gasteiger partial charge in [-0.3, -0.25) is 0 Å². The first-order valence-electron chi connectivity index (χ1n) is 3.13. The van der Waals surface area contributed by atoms with Gasteiger partial charge in [0.1, 0.15) is 5.76 Å². The SMILES string of the molecule is O=C1C=C/C(=C/[C@@H](O)CO)O1. The summed E-state index contributed by atoms with van der Waals surface area (Å²) in [6, 6.07) is 0. The fourth-order valence-corrected chi connectivity index (χ4v) is 0.666. The van der Waals surface area contributed by atoms with Gasteiger partial charge in [-0.1, -0.05) is 0 Å². The number of hydrogen-bond acceptors (Lipinski definition) is 4. The Kier molecular flexibility index (Phi) is 2.40. The van der Waals surface area contributed by atoms with E-state index in [9.17, 15) is 4.79 Å². The number of carbonyl (C=O) groups excluding carboxylic acids is 1. The molecule has 1 atom stereocenters. The van der Waals surface area contributed by atoms with Gasteiger partial charge in [0, 0.05) is 6.08 Å². The molecule has 2 N–H and O–H groups in total. The molecule has 0 aromatic rings. The molecule has 0 saturated carbocycles. The molecule has 60 valence electrons. The predicted molar refractivity (Wildman–Crippen MR) is 36.4 cm³/mol. The van der Waals surface area contributed by atoms with Gasteiger partial charge >= 0.3 is 5.97 Å². The zero-order valence-corrected chi connectivity index (χ0v) is 5.73. The van der Waals surface area contributed by atoms with Crippen molar-refractivity contribution in [2.75, 3.05) is 6.61 Å². The van der Waals surface area contributed by atoms with Crippen molar-refractivity contribution >= 4 is 5.97 Å². The van der Waals surface area contributed by atoms with E-state index in [0.717, 1.165) is 0 Å². The van der Waals surface area contributed by atoms with Crippen LogP contribution in [0.2, 0.25) is 0 Å². The molecular formula is C7H8O4. The number of aliphatic hydroxyl groups is 2. The Morgan fingerprint density at radius 1 is 1.64 bits per heavy atom. The zero-order valence-electron chi connectivity index (χ0n) is 5.73. The number of ether oxygens (including phenoxy) is 1. The molecular weight excluding hydrogens is 148 g/mol. The molecule has 0 radical (unpaired) electrons. The Balaban J connectivity index is 2.56. The second-order valence-electron chi connectivity index (χ2n) is 2.07. The third kappa shape index (κ3) is 2.18. The third-order valence-electron chi connectivity index (χ3n) is 1.15. The standard InChI is InChI=1S/C7H8O4/c8-4-5(9)3-6-1-2-7(10)11-6/h1-3,5,8-9H,4H2/b6-3-/t5-/m1/s1. The summed E-state index contributed by atoms with van der Waals surface area (Å²) in [4.78, 5) is 10.4. The molecule has 4 nitrogen and oxygen atoms in total. The summed E-state index contributed by atoms with van der Waals surface area (Å²) in [6.45, 7) is -0.380. The number of hydrogen-bond donors (Lipinski definition) is 2. The van der Waals surface area contributed by atoms with Crippen molar-refractivity contribution in [2.24, 2.45) is 0 Å². The van der Waals surface area contributed by atoms with Crippen molar-refractivity contribution in [1.82, 2.24) is 0 Å². The maximum absolute atomic E-state index is 10.4. The molecule has 0 unspecified atom stereocenters. The number of rotatable bonds is 2. The highest BCUT2D eigenvalue weighted by molar-refractivity contribution is 5.86. The Morgan fingerprint density at radius 3 is 2.82 bits per heavy atom. The van der Waals surface area contributed by atoms with Crippen LogP contribution in [0.1, 0.15) is 0 Å². The maximum Gasteiger partial charge on any atom is 0.336 e. The first-order chi connectivity index (χ1) is 5.22. The summed E-state index contributed by atoms with van der Waals surface area (Å²) in [6.07, 6.45) is 2.97. The van der Waals surface area contributed by atoms with Crippen LogP contribution in [0.25, 0.3) is 0 Å². The molecule has 0 aromatic carbocycles.